The third-order valence-electron chi connectivity index (χ3n) is 1.64. The molecular formula is C7H4N5OS2. The highest BCUT2D eigenvalue weighted by atomic mass is 32.2. The SMILES string of the molecule is [C]1=C(c2conn2)SN(c2nccs2)N1. The first-order chi connectivity index (χ1) is 7.43. The predicted molar refractivity (Wildman–Crippen MR) is 56.3 cm³/mol. The lowest BCUT2D eigenvalue weighted by atomic mass is 10.5. The number of nitrogens with zero attached hydrogens (tertiary/aromatic N) is 4. The van der Waals surface area contributed by atoms with Crippen molar-refractivity contribution in [1.82, 2.24) is 20.8 Å². The van der Waals surface area contributed by atoms with Crippen LogP contribution in [0, 0.1) is 6.20 Å². The minimum absolute atomic E-state index is 0.659. The van der Waals surface area contributed by atoms with Crippen LogP contribution >= 0.6 is 23.3 Å². The average Bonchev–Trinajstić information content (AvgIpc) is 3.02. The van der Waals surface area contributed by atoms with Crippen LogP contribution in [0.5, 0.6) is 0 Å². The maximum atomic E-state index is 4.66. The molecule has 0 bridgehead atoms. The van der Waals surface area contributed by atoms with Crippen molar-refractivity contribution in [2.75, 3.05) is 4.41 Å². The Morgan fingerprint density at radius 3 is 3.27 bits per heavy atom. The Bertz CT molecular complexity index is 466. The van der Waals surface area contributed by atoms with Gasteiger partial charge in [0.1, 0.15) is 5.69 Å². The van der Waals surface area contributed by atoms with Gasteiger partial charge in [-0.15, -0.1) is 16.4 Å². The van der Waals surface area contributed by atoms with E-state index in [2.05, 4.69) is 31.5 Å². The van der Waals surface area contributed by atoms with E-state index in [1.807, 2.05) is 5.38 Å². The van der Waals surface area contributed by atoms with Gasteiger partial charge in [0.15, 0.2) is 6.26 Å². The maximum Gasteiger partial charge on any atom is 0.215 e. The zero-order chi connectivity index (χ0) is 10.1. The summed E-state index contributed by atoms with van der Waals surface area (Å²) in [5, 5.41) is 9.96. The molecule has 0 saturated heterocycles. The van der Waals surface area contributed by atoms with E-state index in [-0.39, 0.29) is 0 Å². The van der Waals surface area contributed by atoms with E-state index in [1.54, 1.807) is 10.6 Å². The summed E-state index contributed by atoms with van der Waals surface area (Å²) in [5.74, 6) is 0. The lowest BCUT2D eigenvalue weighted by Gasteiger charge is -2.11. The molecule has 1 N–H and O–H groups in total. The molecule has 1 radical (unpaired) electrons. The van der Waals surface area contributed by atoms with E-state index in [4.69, 9.17) is 0 Å². The maximum absolute atomic E-state index is 4.66. The number of aromatic nitrogens is 3. The smallest absolute Gasteiger partial charge is 0.215 e. The summed E-state index contributed by atoms with van der Waals surface area (Å²) in [5.41, 5.74) is 3.60. The van der Waals surface area contributed by atoms with Crippen LogP contribution in [0.2, 0.25) is 0 Å². The van der Waals surface area contributed by atoms with Gasteiger partial charge >= 0.3 is 0 Å². The number of rotatable bonds is 2. The van der Waals surface area contributed by atoms with Crippen molar-refractivity contribution in [3.8, 4) is 0 Å². The Morgan fingerprint density at radius 2 is 2.53 bits per heavy atom. The summed E-state index contributed by atoms with van der Waals surface area (Å²) in [7, 11) is 0. The number of nitrogens with one attached hydrogen (secondary N) is 1. The van der Waals surface area contributed by atoms with Gasteiger partial charge in [0.05, 0.1) is 11.1 Å². The summed E-state index contributed by atoms with van der Waals surface area (Å²) < 4.78 is 6.46. The van der Waals surface area contributed by atoms with Crippen LogP contribution in [0.25, 0.3) is 4.91 Å². The second kappa shape index (κ2) is 3.55. The molecular weight excluding hydrogens is 234 g/mol. The highest BCUT2D eigenvalue weighted by Gasteiger charge is 2.21. The molecule has 2 aromatic rings. The van der Waals surface area contributed by atoms with Gasteiger partial charge in [0, 0.05) is 28.8 Å². The Morgan fingerprint density at radius 1 is 1.53 bits per heavy atom. The molecule has 1 aliphatic rings. The molecule has 0 atom stereocenters. The summed E-state index contributed by atoms with van der Waals surface area (Å²) in [4.78, 5) is 4.99. The fraction of sp³-hybridized carbons (Fsp3) is 0. The van der Waals surface area contributed by atoms with Crippen molar-refractivity contribution in [3.63, 3.8) is 0 Å². The van der Waals surface area contributed by atoms with Crippen molar-refractivity contribution in [3.05, 3.63) is 29.7 Å². The molecule has 6 nitrogen and oxygen atoms in total. The molecule has 15 heavy (non-hydrogen) atoms. The molecule has 0 unspecified atom stereocenters. The zero-order valence-corrected chi connectivity index (χ0v) is 8.88. The molecule has 8 heteroatoms. The van der Waals surface area contributed by atoms with Crippen LogP contribution in [0.1, 0.15) is 5.69 Å². The van der Waals surface area contributed by atoms with Gasteiger partial charge in [0.25, 0.3) is 0 Å². The van der Waals surface area contributed by atoms with Gasteiger partial charge in [-0.1, -0.05) is 0 Å². The predicted octanol–water partition coefficient (Wildman–Crippen LogP) is 1.30. The molecule has 3 heterocycles. The topological polar surface area (TPSA) is 67.1 Å². The fourth-order valence-corrected chi connectivity index (χ4v) is 2.44. The third-order valence-corrected chi connectivity index (χ3v) is 3.45. The number of anilines is 1. The fourth-order valence-electron chi connectivity index (χ4n) is 1.02. The summed E-state index contributed by atoms with van der Waals surface area (Å²) >= 11 is 2.98. The van der Waals surface area contributed by atoms with Crippen LogP contribution in [0.4, 0.5) is 5.13 Å². The molecule has 0 aromatic carbocycles. The van der Waals surface area contributed by atoms with E-state index >= 15 is 0 Å². The highest BCUT2D eigenvalue weighted by molar-refractivity contribution is 8.09. The van der Waals surface area contributed by atoms with Gasteiger partial charge in [-0.2, -0.15) is 4.41 Å². The van der Waals surface area contributed by atoms with Crippen molar-refractivity contribution in [1.29, 1.82) is 0 Å². The Balaban J connectivity index is 1.78. The number of hydrogen-bond donors (Lipinski definition) is 1. The average molecular weight is 238 g/mol. The van der Waals surface area contributed by atoms with Gasteiger partial charge in [-0.05, 0) is 0 Å². The van der Waals surface area contributed by atoms with Gasteiger partial charge in [-0.25, -0.2) is 4.98 Å². The van der Waals surface area contributed by atoms with Crippen LogP contribution in [-0.2, 0) is 0 Å². The molecule has 0 aliphatic carbocycles. The van der Waals surface area contributed by atoms with Crippen molar-refractivity contribution >= 4 is 33.3 Å². The molecule has 3 rings (SSSR count). The molecule has 0 spiro atoms. The van der Waals surface area contributed by atoms with Crippen molar-refractivity contribution < 1.29 is 4.52 Å². The minimum atomic E-state index is 0.659. The normalized spacial score (nSPS) is 15.2. The van der Waals surface area contributed by atoms with Crippen LogP contribution < -0.4 is 9.84 Å². The Hall–Kier alpha value is -1.54. The van der Waals surface area contributed by atoms with E-state index < -0.39 is 0 Å². The molecule has 75 valence electrons. The van der Waals surface area contributed by atoms with Gasteiger partial charge in [0.2, 0.25) is 5.13 Å². The summed E-state index contributed by atoms with van der Waals surface area (Å²) in [6, 6.07) is 0. The molecule has 1 aliphatic heterocycles. The molecule has 0 saturated carbocycles. The van der Waals surface area contributed by atoms with E-state index in [1.165, 1.54) is 29.5 Å². The van der Waals surface area contributed by atoms with E-state index in [0.29, 0.717) is 5.69 Å². The third kappa shape index (κ3) is 1.57. The van der Waals surface area contributed by atoms with Gasteiger partial charge in [-0.3, -0.25) is 5.43 Å². The highest BCUT2D eigenvalue weighted by Crippen LogP contribution is 2.35. The molecule has 0 fully saturated rings. The lowest BCUT2D eigenvalue weighted by molar-refractivity contribution is 0.393. The zero-order valence-electron chi connectivity index (χ0n) is 7.25. The molecule has 2 aromatic heterocycles. The molecule has 0 amide bonds. The largest absolute Gasteiger partial charge is 0.345 e. The number of hydrogen-bond acceptors (Lipinski definition) is 8. The van der Waals surface area contributed by atoms with Gasteiger partial charge < -0.3 is 4.52 Å². The van der Waals surface area contributed by atoms with E-state index in [0.717, 1.165) is 10.0 Å². The summed E-state index contributed by atoms with van der Waals surface area (Å²) in [6.07, 6.45) is 6.18. The van der Waals surface area contributed by atoms with Crippen LogP contribution in [-0.4, -0.2) is 15.4 Å². The van der Waals surface area contributed by atoms with Crippen molar-refractivity contribution in [2.45, 2.75) is 0 Å². The quantitative estimate of drug-likeness (QED) is 0.791. The minimum Gasteiger partial charge on any atom is -0.345 e. The second-order valence-corrected chi connectivity index (χ2v) is 4.39. The van der Waals surface area contributed by atoms with Crippen molar-refractivity contribution in [2.24, 2.45) is 0 Å². The standard InChI is InChI=1S/C7H4N5OS2/c1-2-14-7(8-1)12-9-3-6(15-12)5-4-13-11-10-5/h1-2,4,9H. The number of hydrazine groups is 1. The first-order valence-electron chi connectivity index (χ1n) is 3.97. The van der Waals surface area contributed by atoms with E-state index in [9.17, 15) is 0 Å². The Labute approximate surface area is 93.1 Å². The van der Waals surface area contributed by atoms with Crippen LogP contribution in [0.15, 0.2) is 22.4 Å². The first-order valence-corrected chi connectivity index (χ1v) is 5.62. The second-order valence-electron chi connectivity index (χ2n) is 2.56. The first kappa shape index (κ1) is 8.74. The van der Waals surface area contributed by atoms with Crippen LogP contribution in [0.3, 0.4) is 0 Å². The monoisotopic (exact) mass is 238 g/mol. The Kier molecular flexibility index (Phi) is 2.07. The summed E-state index contributed by atoms with van der Waals surface area (Å²) in [6.45, 7) is 0. The lowest BCUT2D eigenvalue weighted by Crippen LogP contribution is -2.22. The number of thiazole rings is 1.